The number of carbonyl (C=O) groups is 2. The second-order valence-corrected chi connectivity index (χ2v) is 4.03. The Balaban J connectivity index is 4.13. The molecule has 0 heterocycles. The molecule has 0 saturated carbocycles. The van der Waals surface area contributed by atoms with Crippen LogP contribution in [0.25, 0.3) is 0 Å². The number of rotatable bonds is 3. The van der Waals surface area contributed by atoms with E-state index in [1.54, 1.807) is 33.8 Å². The number of carbonyl (C=O) groups excluding carboxylic acids is 2. The van der Waals surface area contributed by atoms with Crippen molar-refractivity contribution in [1.29, 1.82) is 0 Å². The van der Waals surface area contributed by atoms with E-state index >= 15 is 0 Å². The highest BCUT2D eigenvalue weighted by Crippen LogP contribution is 2.06. The van der Waals surface area contributed by atoms with Crippen molar-refractivity contribution in [2.75, 3.05) is 0 Å². The fraction of sp³-hybridized carbons (Fsp3) is 0.600. The zero-order valence-corrected chi connectivity index (χ0v) is 9.53. The van der Waals surface area contributed by atoms with Gasteiger partial charge in [0.25, 0.3) is 0 Å². The predicted octanol–water partition coefficient (Wildman–Crippen LogP) is 0.941. The van der Waals surface area contributed by atoms with Crippen LogP contribution in [0.4, 0.5) is 4.79 Å². The van der Waals surface area contributed by atoms with Gasteiger partial charge in [0.2, 0.25) is 0 Å². The monoisotopic (exact) mass is 214 g/mol. The Labute approximate surface area is 89.7 Å². The summed E-state index contributed by atoms with van der Waals surface area (Å²) in [6.45, 7) is 6.88. The first-order valence-corrected chi connectivity index (χ1v) is 4.68. The van der Waals surface area contributed by atoms with E-state index in [4.69, 9.17) is 10.5 Å². The lowest BCUT2D eigenvalue weighted by Gasteiger charge is -2.21. The van der Waals surface area contributed by atoms with E-state index in [2.05, 4.69) is 5.32 Å². The van der Waals surface area contributed by atoms with E-state index in [0.717, 1.165) is 0 Å². The number of hydrogen-bond acceptors (Lipinski definition) is 4. The third-order valence-corrected chi connectivity index (χ3v) is 1.31. The Hall–Kier alpha value is -1.36. The van der Waals surface area contributed by atoms with E-state index in [-0.39, 0.29) is 5.78 Å². The van der Waals surface area contributed by atoms with Crippen LogP contribution in [0.2, 0.25) is 0 Å². The molecule has 5 heteroatoms. The maximum atomic E-state index is 11.2. The highest BCUT2D eigenvalue weighted by molar-refractivity contribution is 5.95. The van der Waals surface area contributed by atoms with Gasteiger partial charge in [0.05, 0.1) is 0 Å². The number of ether oxygens (including phenoxy) is 1. The normalized spacial score (nSPS) is 13.7. The Kier molecular flexibility index (Phi) is 5.00. The van der Waals surface area contributed by atoms with Gasteiger partial charge < -0.3 is 10.5 Å². The SMILES string of the molecule is C/C=C\C(=O)[C@H](N)NC(=O)OC(C)(C)C. The van der Waals surface area contributed by atoms with E-state index in [1.165, 1.54) is 6.08 Å². The Bertz CT molecular complexity index is 266. The number of nitrogens with one attached hydrogen (secondary N) is 1. The average molecular weight is 214 g/mol. The smallest absolute Gasteiger partial charge is 0.409 e. The van der Waals surface area contributed by atoms with Gasteiger partial charge in [-0.25, -0.2) is 4.79 Å². The fourth-order valence-corrected chi connectivity index (χ4v) is 0.774. The maximum Gasteiger partial charge on any atom is 0.409 e. The summed E-state index contributed by atoms with van der Waals surface area (Å²) < 4.78 is 4.93. The molecular formula is C10H18N2O3. The van der Waals surface area contributed by atoms with Crippen molar-refractivity contribution in [3.63, 3.8) is 0 Å². The molecule has 0 saturated heterocycles. The molecule has 0 aliphatic heterocycles. The lowest BCUT2D eigenvalue weighted by atomic mass is 10.2. The molecule has 0 aromatic carbocycles. The van der Waals surface area contributed by atoms with Crippen LogP contribution in [0, 0.1) is 0 Å². The maximum absolute atomic E-state index is 11.2. The molecule has 0 aromatic rings. The summed E-state index contributed by atoms with van der Waals surface area (Å²) in [6, 6.07) is 0. The van der Waals surface area contributed by atoms with E-state index in [0.29, 0.717) is 0 Å². The van der Waals surface area contributed by atoms with Crippen LogP contribution in [0.1, 0.15) is 27.7 Å². The highest BCUT2D eigenvalue weighted by atomic mass is 16.6. The minimum Gasteiger partial charge on any atom is -0.444 e. The van der Waals surface area contributed by atoms with Crippen molar-refractivity contribution in [3.8, 4) is 0 Å². The second kappa shape index (κ2) is 5.50. The van der Waals surface area contributed by atoms with Gasteiger partial charge in [-0.2, -0.15) is 0 Å². The quantitative estimate of drug-likeness (QED) is 0.541. The molecule has 0 spiro atoms. The van der Waals surface area contributed by atoms with Crippen LogP contribution in [0.5, 0.6) is 0 Å². The average Bonchev–Trinajstić information content (AvgIpc) is 2.00. The molecule has 1 amide bonds. The fourth-order valence-electron chi connectivity index (χ4n) is 0.774. The van der Waals surface area contributed by atoms with E-state index in [1.807, 2.05) is 0 Å². The number of hydrogen-bond donors (Lipinski definition) is 2. The lowest BCUT2D eigenvalue weighted by Crippen LogP contribution is -2.48. The third kappa shape index (κ3) is 6.68. The summed E-state index contributed by atoms with van der Waals surface area (Å²) in [5.41, 5.74) is 4.81. The van der Waals surface area contributed by atoms with Crippen LogP contribution in [0.15, 0.2) is 12.2 Å². The summed E-state index contributed by atoms with van der Waals surface area (Å²) in [5, 5.41) is 2.24. The Morgan fingerprint density at radius 2 is 1.93 bits per heavy atom. The first-order valence-electron chi connectivity index (χ1n) is 4.68. The molecule has 0 unspecified atom stereocenters. The first kappa shape index (κ1) is 13.6. The summed E-state index contributed by atoms with van der Waals surface area (Å²) in [7, 11) is 0. The van der Waals surface area contributed by atoms with Gasteiger partial charge in [0.1, 0.15) is 11.8 Å². The van der Waals surface area contributed by atoms with Gasteiger partial charge in [-0.1, -0.05) is 6.08 Å². The molecule has 0 aromatic heterocycles. The van der Waals surface area contributed by atoms with Crippen molar-refractivity contribution in [2.45, 2.75) is 39.5 Å². The van der Waals surface area contributed by atoms with Gasteiger partial charge in [0.15, 0.2) is 5.78 Å². The number of alkyl carbamates (subject to hydrolysis) is 1. The predicted molar refractivity (Wildman–Crippen MR) is 57.2 cm³/mol. The van der Waals surface area contributed by atoms with Crippen molar-refractivity contribution in [3.05, 3.63) is 12.2 Å². The summed E-state index contributed by atoms with van der Waals surface area (Å²) in [5.74, 6) is -0.372. The molecule has 5 nitrogen and oxygen atoms in total. The van der Waals surface area contributed by atoms with Crippen molar-refractivity contribution >= 4 is 11.9 Å². The molecule has 15 heavy (non-hydrogen) atoms. The van der Waals surface area contributed by atoms with Gasteiger partial charge in [-0.05, 0) is 33.8 Å². The van der Waals surface area contributed by atoms with Crippen LogP contribution in [-0.2, 0) is 9.53 Å². The second-order valence-electron chi connectivity index (χ2n) is 4.03. The molecule has 0 radical (unpaired) electrons. The minimum absolute atomic E-state index is 0.372. The Morgan fingerprint density at radius 3 is 2.33 bits per heavy atom. The third-order valence-electron chi connectivity index (χ3n) is 1.31. The molecule has 86 valence electrons. The minimum atomic E-state index is -1.06. The standard InChI is InChI=1S/C10H18N2O3/c1-5-6-7(13)8(11)12-9(14)15-10(2,3)4/h5-6,8H,11H2,1-4H3,(H,12,14)/b6-5-/t8-/m1/s1. The molecule has 0 aliphatic carbocycles. The number of amides is 1. The molecular weight excluding hydrogens is 196 g/mol. The number of ketones is 1. The first-order chi connectivity index (χ1) is 6.76. The Morgan fingerprint density at radius 1 is 1.40 bits per heavy atom. The molecule has 3 N–H and O–H groups in total. The van der Waals surface area contributed by atoms with Crippen molar-refractivity contribution < 1.29 is 14.3 Å². The van der Waals surface area contributed by atoms with Gasteiger partial charge in [0, 0.05) is 0 Å². The zero-order valence-electron chi connectivity index (χ0n) is 9.53. The van der Waals surface area contributed by atoms with Crippen LogP contribution >= 0.6 is 0 Å². The van der Waals surface area contributed by atoms with E-state index < -0.39 is 17.9 Å². The topological polar surface area (TPSA) is 81.4 Å². The molecule has 0 aliphatic rings. The van der Waals surface area contributed by atoms with Gasteiger partial charge in [-0.15, -0.1) is 0 Å². The number of allylic oxidation sites excluding steroid dienone is 1. The summed E-state index contributed by atoms with van der Waals surface area (Å²) in [4.78, 5) is 22.4. The van der Waals surface area contributed by atoms with Crippen LogP contribution < -0.4 is 11.1 Å². The van der Waals surface area contributed by atoms with Gasteiger partial charge >= 0.3 is 6.09 Å². The molecule has 0 fully saturated rings. The lowest BCUT2D eigenvalue weighted by molar-refractivity contribution is -0.116. The highest BCUT2D eigenvalue weighted by Gasteiger charge is 2.19. The number of nitrogens with two attached hydrogens (primary N) is 1. The van der Waals surface area contributed by atoms with Crippen molar-refractivity contribution in [1.82, 2.24) is 5.32 Å². The van der Waals surface area contributed by atoms with Crippen LogP contribution in [-0.4, -0.2) is 23.6 Å². The molecule has 1 atom stereocenters. The summed E-state index contributed by atoms with van der Waals surface area (Å²) >= 11 is 0. The van der Waals surface area contributed by atoms with Crippen molar-refractivity contribution in [2.24, 2.45) is 5.73 Å². The molecule has 0 bridgehead atoms. The zero-order chi connectivity index (χ0) is 12.1. The van der Waals surface area contributed by atoms with E-state index in [9.17, 15) is 9.59 Å². The summed E-state index contributed by atoms with van der Waals surface area (Å²) in [6.07, 6.45) is 1.09. The van der Waals surface area contributed by atoms with Crippen LogP contribution in [0.3, 0.4) is 0 Å². The largest absolute Gasteiger partial charge is 0.444 e. The van der Waals surface area contributed by atoms with Gasteiger partial charge in [-0.3, -0.25) is 10.1 Å². The molecule has 0 rings (SSSR count).